The Morgan fingerprint density at radius 3 is 2.14 bits per heavy atom. The Morgan fingerprint density at radius 2 is 1.73 bits per heavy atom. The van der Waals surface area contributed by atoms with Crippen molar-refractivity contribution in [3.63, 3.8) is 0 Å². The Kier molecular flexibility index (Phi) is 4.57. The second-order valence-corrected chi connectivity index (χ2v) is 7.72. The fraction of sp³-hybridized carbons (Fsp3) is 0.706. The Labute approximate surface area is 132 Å². The third kappa shape index (κ3) is 3.46. The molecule has 0 aromatic carbocycles. The highest BCUT2D eigenvalue weighted by Gasteiger charge is 2.37. The highest BCUT2D eigenvalue weighted by atomic mass is 16.4. The summed E-state index contributed by atoms with van der Waals surface area (Å²) in [7, 11) is 0. The van der Waals surface area contributed by atoms with Crippen LogP contribution in [0.1, 0.15) is 64.8 Å². The normalized spacial score (nSPS) is 18.4. The molecule has 1 aromatic rings. The van der Waals surface area contributed by atoms with Crippen LogP contribution in [0.3, 0.4) is 0 Å². The Bertz CT molecular complexity index is 524. The highest BCUT2D eigenvalue weighted by Crippen LogP contribution is 2.30. The number of carbonyl (C=O) groups is 1. The van der Waals surface area contributed by atoms with E-state index >= 15 is 0 Å². The van der Waals surface area contributed by atoms with Crippen molar-refractivity contribution in [2.75, 3.05) is 13.1 Å². The number of carboxylic acid groups (broad SMARTS) is 1. The lowest BCUT2D eigenvalue weighted by atomic mass is 9.88. The Hall–Kier alpha value is -1.49. The first kappa shape index (κ1) is 16.9. The largest absolute Gasteiger partial charge is 0.480 e. The SMILES string of the molecule is CC(C)(C)c1ccc(C2CCN(C(C)(C)C(=O)O)CC2)nn1. The average molecular weight is 305 g/mol. The van der Waals surface area contributed by atoms with Crippen LogP contribution in [0.15, 0.2) is 12.1 Å². The first-order chi connectivity index (χ1) is 10.1. The lowest BCUT2D eigenvalue weighted by molar-refractivity contribution is -0.150. The number of hydrogen-bond acceptors (Lipinski definition) is 4. The van der Waals surface area contributed by atoms with Crippen molar-refractivity contribution in [1.82, 2.24) is 15.1 Å². The summed E-state index contributed by atoms with van der Waals surface area (Å²) in [6.45, 7) is 11.5. The first-order valence-electron chi connectivity index (χ1n) is 7.95. The summed E-state index contributed by atoms with van der Waals surface area (Å²) in [5.74, 6) is -0.386. The topological polar surface area (TPSA) is 66.3 Å². The monoisotopic (exact) mass is 305 g/mol. The third-order valence-corrected chi connectivity index (χ3v) is 4.68. The molecule has 0 spiro atoms. The van der Waals surface area contributed by atoms with Gasteiger partial charge in [0.25, 0.3) is 0 Å². The molecule has 0 atom stereocenters. The van der Waals surface area contributed by atoms with Crippen molar-refractivity contribution in [2.24, 2.45) is 0 Å². The van der Waals surface area contributed by atoms with Gasteiger partial charge in [-0.3, -0.25) is 9.69 Å². The molecule has 0 radical (unpaired) electrons. The van der Waals surface area contributed by atoms with E-state index in [-0.39, 0.29) is 5.41 Å². The smallest absolute Gasteiger partial charge is 0.323 e. The van der Waals surface area contributed by atoms with E-state index in [0.29, 0.717) is 5.92 Å². The van der Waals surface area contributed by atoms with Gasteiger partial charge in [0.05, 0.1) is 11.4 Å². The lowest BCUT2D eigenvalue weighted by Gasteiger charge is -2.40. The highest BCUT2D eigenvalue weighted by molar-refractivity contribution is 5.77. The summed E-state index contributed by atoms with van der Waals surface area (Å²) in [6, 6.07) is 4.14. The van der Waals surface area contributed by atoms with Crippen LogP contribution in [0.5, 0.6) is 0 Å². The molecular formula is C17H27N3O2. The van der Waals surface area contributed by atoms with Gasteiger partial charge >= 0.3 is 5.97 Å². The number of piperidine rings is 1. The van der Waals surface area contributed by atoms with E-state index in [9.17, 15) is 9.90 Å². The summed E-state index contributed by atoms with van der Waals surface area (Å²) in [5, 5.41) is 18.1. The number of carboxylic acids is 1. The van der Waals surface area contributed by atoms with Gasteiger partial charge in [-0.25, -0.2) is 0 Å². The van der Waals surface area contributed by atoms with Crippen molar-refractivity contribution < 1.29 is 9.90 Å². The molecular weight excluding hydrogens is 278 g/mol. The quantitative estimate of drug-likeness (QED) is 0.930. The second kappa shape index (κ2) is 5.95. The van der Waals surface area contributed by atoms with E-state index in [2.05, 4.69) is 43.1 Å². The minimum absolute atomic E-state index is 0.0143. The van der Waals surface area contributed by atoms with Crippen LogP contribution < -0.4 is 0 Å². The molecule has 0 aliphatic carbocycles. The zero-order valence-electron chi connectivity index (χ0n) is 14.3. The number of likely N-dealkylation sites (tertiary alicyclic amines) is 1. The number of rotatable bonds is 3. The predicted molar refractivity (Wildman–Crippen MR) is 86.0 cm³/mol. The molecule has 0 saturated carbocycles. The van der Waals surface area contributed by atoms with Crippen molar-refractivity contribution in [2.45, 2.75) is 64.3 Å². The molecule has 122 valence electrons. The van der Waals surface area contributed by atoms with Gasteiger partial charge in [-0.2, -0.15) is 10.2 Å². The van der Waals surface area contributed by atoms with Crippen LogP contribution in [0.25, 0.3) is 0 Å². The van der Waals surface area contributed by atoms with E-state index in [4.69, 9.17) is 0 Å². The zero-order valence-corrected chi connectivity index (χ0v) is 14.3. The lowest BCUT2D eigenvalue weighted by Crippen LogP contribution is -2.52. The molecule has 1 aliphatic heterocycles. The van der Waals surface area contributed by atoms with Crippen molar-refractivity contribution in [1.29, 1.82) is 0 Å². The molecule has 0 bridgehead atoms. The van der Waals surface area contributed by atoms with E-state index in [0.717, 1.165) is 37.3 Å². The molecule has 2 heterocycles. The molecule has 1 N–H and O–H groups in total. The van der Waals surface area contributed by atoms with Crippen molar-refractivity contribution in [3.05, 3.63) is 23.5 Å². The third-order valence-electron chi connectivity index (χ3n) is 4.68. The van der Waals surface area contributed by atoms with E-state index in [1.165, 1.54) is 0 Å². The number of aliphatic carboxylic acids is 1. The molecule has 0 amide bonds. The van der Waals surface area contributed by atoms with Crippen molar-refractivity contribution in [3.8, 4) is 0 Å². The summed E-state index contributed by atoms with van der Waals surface area (Å²) in [6.07, 6.45) is 1.86. The van der Waals surface area contributed by atoms with E-state index in [1.807, 2.05) is 4.90 Å². The maximum absolute atomic E-state index is 11.3. The fourth-order valence-corrected chi connectivity index (χ4v) is 2.83. The summed E-state index contributed by atoms with van der Waals surface area (Å²) < 4.78 is 0. The molecule has 1 fully saturated rings. The van der Waals surface area contributed by atoms with Gasteiger partial charge in [-0.15, -0.1) is 0 Å². The Balaban J connectivity index is 2.02. The standard InChI is InChI=1S/C17H27N3O2/c1-16(2,3)14-7-6-13(18-19-14)12-8-10-20(11-9-12)17(4,5)15(21)22/h6-7,12H,8-11H2,1-5H3,(H,21,22). The van der Waals surface area contributed by atoms with Gasteiger partial charge in [0, 0.05) is 11.3 Å². The van der Waals surface area contributed by atoms with Gasteiger partial charge in [0.15, 0.2) is 0 Å². The molecule has 22 heavy (non-hydrogen) atoms. The van der Waals surface area contributed by atoms with Crippen molar-refractivity contribution >= 4 is 5.97 Å². The molecule has 1 aliphatic rings. The number of aromatic nitrogens is 2. The predicted octanol–water partition coefficient (Wildman–Crippen LogP) is 2.82. The van der Waals surface area contributed by atoms with Crippen LogP contribution in [-0.2, 0) is 10.2 Å². The molecule has 1 aromatic heterocycles. The van der Waals surface area contributed by atoms with E-state index in [1.54, 1.807) is 13.8 Å². The first-order valence-corrected chi connectivity index (χ1v) is 7.95. The Morgan fingerprint density at radius 1 is 1.14 bits per heavy atom. The molecule has 5 heteroatoms. The fourth-order valence-electron chi connectivity index (χ4n) is 2.83. The zero-order chi connectivity index (χ0) is 16.5. The van der Waals surface area contributed by atoms with Crippen LogP contribution in [0, 0.1) is 0 Å². The van der Waals surface area contributed by atoms with E-state index < -0.39 is 11.5 Å². The van der Waals surface area contributed by atoms with Crippen LogP contribution in [-0.4, -0.2) is 44.8 Å². The summed E-state index contributed by atoms with van der Waals surface area (Å²) in [4.78, 5) is 13.4. The molecule has 2 rings (SSSR count). The van der Waals surface area contributed by atoms with Gasteiger partial charge in [-0.1, -0.05) is 20.8 Å². The van der Waals surface area contributed by atoms with Gasteiger partial charge in [0.2, 0.25) is 0 Å². The van der Waals surface area contributed by atoms with Gasteiger partial charge in [0.1, 0.15) is 5.54 Å². The minimum Gasteiger partial charge on any atom is -0.480 e. The van der Waals surface area contributed by atoms with Crippen LogP contribution in [0.2, 0.25) is 0 Å². The van der Waals surface area contributed by atoms with Crippen LogP contribution in [0.4, 0.5) is 0 Å². The summed E-state index contributed by atoms with van der Waals surface area (Å²) >= 11 is 0. The maximum Gasteiger partial charge on any atom is 0.323 e. The van der Waals surface area contributed by atoms with Crippen LogP contribution >= 0.6 is 0 Å². The second-order valence-electron chi connectivity index (χ2n) is 7.72. The molecule has 0 unspecified atom stereocenters. The minimum atomic E-state index is -0.799. The average Bonchev–Trinajstić information content (AvgIpc) is 2.46. The number of hydrogen-bond donors (Lipinski definition) is 1. The number of nitrogens with zero attached hydrogens (tertiary/aromatic N) is 3. The van der Waals surface area contributed by atoms with Gasteiger partial charge in [-0.05, 0) is 51.9 Å². The molecule has 5 nitrogen and oxygen atoms in total. The van der Waals surface area contributed by atoms with Gasteiger partial charge < -0.3 is 5.11 Å². The molecule has 1 saturated heterocycles. The maximum atomic E-state index is 11.3. The summed E-state index contributed by atoms with van der Waals surface area (Å²) in [5.41, 5.74) is 1.24.